The van der Waals surface area contributed by atoms with Gasteiger partial charge >= 0.3 is 0 Å². The van der Waals surface area contributed by atoms with Crippen molar-refractivity contribution < 1.29 is 19.1 Å². The van der Waals surface area contributed by atoms with Gasteiger partial charge in [-0.05, 0) is 42.5 Å². The first-order valence-corrected chi connectivity index (χ1v) is 9.93. The molecule has 2 aliphatic rings. The molecule has 1 fully saturated rings. The van der Waals surface area contributed by atoms with E-state index in [9.17, 15) is 0 Å². The largest absolute Gasteiger partial charge is 0.488 e. The summed E-state index contributed by atoms with van der Waals surface area (Å²) >= 11 is 18.3. The lowest BCUT2D eigenvalue weighted by Gasteiger charge is -2.29. The molecule has 0 spiro atoms. The van der Waals surface area contributed by atoms with Crippen molar-refractivity contribution in [3.63, 3.8) is 0 Å². The number of fused-ring (bicyclic) bond motifs is 1. The number of nitrogens with one attached hydrogen (secondary N) is 1. The molecule has 27 heavy (non-hydrogen) atoms. The van der Waals surface area contributed by atoms with E-state index in [0.29, 0.717) is 27.4 Å². The molecular weight excluding hydrogens is 409 g/mol. The van der Waals surface area contributed by atoms with Gasteiger partial charge < -0.3 is 19.1 Å². The van der Waals surface area contributed by atoms with E-state index in [-0.39, 0.29) is 6.04 Å². The molecule has 7 heteroatoms. The smallest absolute Gasteiger partial charge is 0.175 e. The normalized spacial score (nSPS) is 21.1. The molecule has 1 atom stereocenters. The van der Waals surface area contributed by atoms with Crippen molar-refractivity contribution in [2.45, 2.75) is 6.04 Å². The van der Waals surface area contributed by atoms with Gasteiger partial charge in [-0.1, -0.05) is 34.8 Å². The van der Waals surface area contributed by atoms with Crippen LogP contribution in [-0.2, 0) is 4.74 Å². The van der Waals surface area contributed by atoms with Crippen LogP contribution in [0.15, 0.2) is 48.2 Å². The SMILES string of the molecule is Clc1ccc(OC/C=C2\Oc3ccc(Cl)cc3[C@@H]2[NH+]2CCOCC2)c(Cl)c1. The van der Waals surface area contributed by atoms with Crippen molar-refractivity contribution in [1.29, 1.82) is 0 Å². The van der Waals surface area contributed by atoms with Crippen molar-refractivity contribution in [3.8, 4) is 11.5 Å². The van der Waals surface area contributed by atoms with Crippen LogP contribution in [0, 0.1) is 0 Å². The van der Waals surface area contributed by atoms with Crippen molar-refractivity contribution in [2.24, 2.45) is 0 Å². The summed E-state index contributed by atoms with van der Waals surface area (Å²) in [4.78, 5) is 1.40. The van der Waals surface area contributed by atoms with Crippen LogP contribution < -0.4 is 14.4 Å². The predicted octanol–water partition coefficient (Wildman–Crippen LogP) is 3.96. The molecule has 0 aromatic heterocycles. The summed E-state index contributed by atoms with van der Waals surface area (Å²) in [7, 11) is 0. The van der Waals surface area contributed by atoms with Crippen LogP contribution in [0.4, 0.5) is 0 Å². The van der Waals surface area contributed by atoms with Crippen LogP contribution in [0.25, 0.3) is 0 Å². The predicted molar refractivity (Wildman–Crippen MR) is 106 cm³/mol. The van der Waals surface area contributed by atoms with Crippen molar-refractivity contribution >= 4 is 34.8 Å². The monoisotopic (exact) mass is 426 g/mol. The van der Waals surface area contributed by atoms with Gasteiger partial charge in [0.05, 0.1) is 23.8 Å². The molecule has 4 rings (SSSR count). The van der Waals surface area contributed by atoms with Crippen LogP contribution in [0.3, 0.4) is 0 Å². The van der Waals surface area contributed by atoms with Gasteiger partial charge in [0.25, 0.3) is 0 Å². The first-order valence-electron chi connectivity index (χ1n) is 8.79. The molecule has 0 aliphatic carbocycles. The minimum atomic E-state index is 0.0897. The number of hydrogen-bond acceptors (Lipinski definition) is 3. The fraction of sp³-hybridized carbons (Fsp3) is 0.300. The summed E-state index contributed by atoms with van der Waals surface area (Å²) in [6, 6.07) is 11.0. The third kappa shape index (κ3) is 4.20. The lowest BCUT2D eigenvalue weighted by Crippen LogP contribution is -3.14. The molecule has 0 bridgehead atoms. The highest BCUT2D eigenvalue weighted by atomic mass is 35.5. The lowest BCUT2D eigenvalue weighted by molar-refractivity contribution is -0.933. The third-order valence-electron chi connectivity index (χ3n) is 4.76. The molecule has 0 radical (unpaired) electrons. The Bertz CT molecular complexity index is 866. The number of benzene rings is 2. The summed E-state index contributed by atoms with van der Waals surface area (Å²) in [6.45, 7) is 3.67. The van der Waals surface area contributed by atoms with Crippen molar-refractivity contribution in [1.82, 2.24) is 0 Å². The number of rotatable bonds is 4. The molecule has 142 valence electrons. The van der Waals surface area contributed by atoms with E-state index in [1.165, 1.54) is 4.90 Å². The van der Waals surface area contributed by atoms with E-state index < -0.39 is 0 Å². The zero-order valence-corrected chi connectivity index (χ0v) is 16.8. The summed E-state index contributed by atoms with van der Waals surface area (Å²) < 4.78 is 17.4. The Morgan fingerprint density at radius 3 is 2.56 bits per heavy atom. The second-order valence-electron chi connectivity index (χ2n) is 6.48. The van der Waals surface area contributed by atoms with Crippen LogP contribution in [0.2, 0.25) is 15.1 Å². The average molecular weight is 428 g/mol. The first kappa shape index (κ1) is 18.9. The van der Waals surface area contributed by atoms with Crippen LogP contribution in [-0.4, -0.2) is 32.9 Å². The van der Waals surface area contributed by atoms with E-state index in [4.69, 9.17) is 49.0 Å². The molecule has 0 unspecified atom stereocenters. The lowest BCUT2D eigenvalue weighted by atomic mass is 10.0. The number of morpholine rings is 1. The summed E-state index contributed by atoms with van der Waals surface area (Å²) in [6.07, 6.45) is 1.96. The van der Waals surface area contributed by atoms with Gasteiger partial charge in [0.1, 0.15) is 31.2 Å². The number of ether oxygens (including phenoxy) is 3. The topological polar surface area (TPSA) is 32.1 Å². The molecular formula is C20H19Cl3NO3+. The molecule has 0 amide bonds. The highest BCUT2D eigenvalue weighted by molar-refractivity contribution is 6.35. The van der Waals surface area contributed by atoms with Gasteiger partial charge in [-0.2, -0.15) is 0 Å². The Kier molecular flexibility index (Phi) is 5.81. The molecule has 1 N–H and O–H groups in total. The summed E-state index contributed by atoms with van der Waals surface area (Å²) in [5, 5.41) is 1.77. The highest BCUT2D eigenvalue weighted by Gasteiger charge is 2.38. The summed E-state index contributed by atoms with van der Waals surface area (Å²) in [5.74, 6) is 2.31. The zero-order valence-electron chi connectivity index (χ0n) is 14.5. The molecule has 2 aromatic rings. The molecule has 0 saturated carbocycles. The minimum absolute atomic E-state index is 0.0897. The third-order valence-corrected chi connectivity index (χ3v) is 5.52. The molecule has 2 heterocycles. The van der Waals surface area contributed by atoms with Crippen LogP contribution in [0.5, 0.6) is 11.5 Å². The second kappa shape index (κ2) is 8.29. The molecule has 2 aromatic carbocycles. The fourth-order valence-corrected chi connectivity index (χ4v) is 4.13. The maximum atomic E-state index is 6.23. The number of hydrogen-bond donors (Lipinski definition) is 1. The van der Waals surface area contributed by atoms with E-state index >= 15 is 0 Å². The van der Waals surface area contributed by atoms with Gasteiger partial charge in [-0.15, -0.1) is 0 Å². The van der Waals surface area contributed by atoms with Crippen molar-refractivity contribution in [2.75, 3.05) is 32.9 Å². The van der Waals surface area contributed by atoms with Crippen LogP contribution >= 0.6 is 34.8 Å². The second-order valence-corrected chi connectivity index (χ2v) is 7.76. The quantitative estimate of drug-likeness (QED) is 0.801. The Morgan fingerprint density at radius 2 is 1.78 bits per heavy atom. The highest BCUT2D eigenvalue weighted by Crippen LogP contribution is 2.39. The van der Waals surface area contributed by atoms with Gasteiger partial charge in [0.15, 0.2) is 11.8 Å². The van der Waals surface area contributed by atoms with Gasteiger partial charge in [0, 0.05) is 10.0 Å². The Hall–Kier alpha value is -1.43. The van der Waals surface area contributed by atoms with E-state index in [2.05, 4.69) is 0 Å². The first-order chi connectivity index (χ1) is 13.1. The Morgan fingerprint density at radius 1 is 1.04 bits per heavy atom. The molecule has 4 nitrogen and oxygen atoms in total. The standard InChI is InChI=1S/C20H18Cl3NO3/c21-13-1-3-17-15(11-13)20(24-6-9-25-10-7-24)19(27-17)5-8-26-18-4-2-14(22)12-16(18)23/h1-5,11-12,20H,6-10H2/p+1/b19-5-/t20-/m0/s1. The average Bonchev–Trinajstić information content (AvgIpc) is 3.01. The fourth-order valence-electron chi connectivity index (χ4n) is 3.49. The zero-order chi connectivity index (χ0) is 18.8. The number of quaternary nitrogens is 1. The van der Waals surface area contributed by atoms with Gasteiger partial charge in [0.2, 0.25) is 0 Å². The minimum Gasteiger partial charge on any atom is -0.488 e. The van der Waals surface area contributed by atoms with E-state index in [0.717, 1.165) is 43.4 Å². The van der Waals surface area contributed by atoms with Gasteiger partial charge in [-0.3, -0.25) is 0 Å². The Balaban J connectivity index is 1.55. The maximum absolute atomic E-state index is 6.23. The molecule has 1 saturated heterocycles. The summed E-state index contributed by atoms with van der Waals surface area (Å²) in [5.41, 5.74) is 1.11. The van der Waals surface area contributed by atoms with E-state index in [1.54, 1.807) is 18.2 Å². The van der Waals surface area contributed by atoms with Crippen LogP contribution in [0.1, 0.15) is 11.6 Å². The number of halogens is 3. The van der Waals surface area contributed by atoms with Gasteiger partial charge in [-0.25, -0.2) is 0 Å². The van der Waals surface area contributed by atoms with Crippen molar-refractivity contribution in [3.05, 3.63) is 68.9 Å². The molecule has 2 aliphatic heterocycles. The Labute approximate surface area is 173 Å². The van der Waals surface area contributed by atoms with E-state index in [1.807, 2.05) is 24.3 Å². The maximum Gasteiger partial charge on any atom is 0.175 e.